The van der Waals surface area contributed by atoms with Crippen molar-refractivity contribution in [3.8, 4) is 11.3 Å². The molecule has 2 aromatic rings. The van der Waals surface area contributed by atoms with Gasteiger partial charge in [-0.15, -0.1) is 0 Å². The Morgan fingerprint density at radius 2 is 2.22 bits per heavy atom. The van der Waals surface area contributed by atoms with Crippen LogP contribution in [0.5, 0.6) is 0 Å². The molecule has 18 heavy (non-hydrogen) atoms. The van der Waals surface area contributed by atoms with Crippen LogP contribution >= 0.6 is 0 Å². The van der Waals surface area contributed by atoms with Crippen molar-refractivity contribution in [1.82, 2.24) is 9.55 Å². The number of rotatable bonds is 5. The summed E-state index contributed by atoms with van der Waals surface area (Å²) in [4.78, 5) is 4.29. The summed E-state index contributed by atoms with van der Waals surface area (Å²) < 4.78 is 2.21. The zero-order chi connectivity index (χ0) is 13.0. The lowest BCUT2D eigenvalue weighted by atomic mass is 10.1. The van der Waals surface area contributed by atoms with E-state index in [0.717, 1.165) is 18.5 Å². The SMILES string of the molecule is CCCC(CN)n1cncc1-c1cccc(C)c1. The minimum Gasteiger partial charge on any atom is -0.328 e. The summed E-state index contributed by atoms with van der Waals surface area (Å²) in [5.74, 6) is 0. The van der Waals surface area contributed by atoms with Gasteiger partial charge in [-0.3, -0.25) is 0 Å². The third-order valence-electron chi connectivity index (χ3n) is 3.27. The largest absolute Gasteiger partial charge is 0.328 e. The Bertz CT molecular complexity index is 502. The van der Waals surface area contributed by atoms with Crippen LogP contribution in [0.15, 0.2) is 36.8 Å². The highest BCUT2D eigenvalue weighted by atomic mass is 15.1. The second-order valence-corrected chi connectivity index (χ2v) is 4.73. The van der Waals surface area contributed by atoms with E-state index in [-0.39, 0.29) is 0 Å². The minimum absolute atomic E-state index is 0.341. The predicted molar refractivity (Wildman–Crippen MR) is 75.4 cm³/mol. The molecule has 0 aliphatic heterocycles. The van der Waals surface area contributed by atoms with Gasteiger partial charge in [-0.2, -0.15) is 0 Å². The second kappa shape index (κ2) is 5.83. The molecular formula is C15H21N3. The molecular weight excluding hydrogens is 222 g/mol. The molecule has 0 aliphatic rings. The molecule has 1 heterocycles. The molecule has 0 aliphatic carbocycles. The predicted octanol–water partition coefficient (Wildman–Crippen LogP) is 3.16. The molecule has 2 rings (SSSR count). The van der Waals surface area contributed by atoms with Gasteiger partial charge in [-0.25, -0.2) is 4.98 Å². The second-order valence-electron chi connectivity index (χ2n) is 4.73. The first-order valence-electron chi connectivity index (χ1n) is 6.55. The third-order valence-corrected chi connectivity index (χ3v) is 3.27. The Labute approximate surface area is 109 Å². The number of nitrogens with two attached hydrogens (primary N) is 1. The molecule has 1 aromatic carbocycles. The topological polar surface area (TPSA) is 43.8 Å². The summed E-state index contributed by atoms with van der Waals surface area (Å²) in [5.41, 5.74) is 9.51. The van der Waals surface area contributed by atoms with E-state index < -0.39 is 0 Å². The number of imidazole rings is 1. The average Bonchev–Trinajstić information content (AvgIpc) is 2.85. The molecule has 0 amide bonds. The number of benzene rings is 1. The normalized spacial score (nSPS) is 12.6. The summed E-state index contributed by atoms with van der Waals surface area (Å²) >= 11 is 0. The van der Waals surface area contributed by atoms with Gasteiger partial charge in [0.2, 0.25) is 0 Å². The van der Waals surface area contributed by atoms with Gasteiger partial charge in [0, 0.05) is 18.2 Å². The zero-order valence-electron chi connectivity index (χ0n) is 11.1. The van der Waals surface area contributed by atoms with Crippen LogP contribution in [0.4, 0.5) is 0 Å². The molecule has 1 atom stereocenters. The molecule has 0 saturated heterocycles. The highest BCUT2D eigenvalue weighted by Gasteiger charge is 2.13. The van der Waals surface area contributed by atoms with Crippen molar-refractivity contribution in [2.75, 3.05) is 6.54 Å². The number of hydrogen-bond acceptors (Lipinski definition) is 2. The molecule has 1 unspecified atom stereocenters. The van der Waals surface area contributed by atoms with Crippen LogP contribution < -0.4 is 5.73 Å². The lowest BCUT2D eigenvalue weighted by Gasteiger charge is -2.18. The fraction of sp³-hybridized carbons (Fsp3) is 0.400. The summed E-state index contributed by atoms with van der Waals surface area (Å²) in [5, 5.41) is 0. The van der Waals surface area contributed by atoms with Crippen LogP contribution in [-0.4, -0.2) is 16.1 Å². The highest BCUT2D eigenvalue weighted by Crippen LogP contribution is 2.24. The first kappa shape index (κ1) is 12.8. The number of nitrogens with zero attached hydrogens (tertiary/aromatic N) is 2. The third kappa shape index (κ3) is 2.62. The molecule has 96 valence electrons. The van der Waals surface area contributed by atoms with Crippen molar-refractivity contribution < 1.29 is 0 Å². The Morgan fingerprint density at radius 1 is 1.39 bits per heavy atom. The van der Waals surface area contributed by atoms with Gasteiger partial charge in [0.25, 0.3) is 0 Å². The van der Waals surface area contributed by atoms with Crippen molar-refractivity contribution in [3.63, 3.8) is 0 Å². The maximum Gasteiger partial charge on any atom is 0.0954 e. The van der Waals surface area contributed by atoms with Crippen LogP contribution in [0.1, 0.15) is 31.4 Å². The highest BCUT2D eigenvalue weighted by molar-refractivity contribution is 5.60. The van der Waals surface area contributed by atoms with E-state index in [1.807, 2.05) is 12.5 Å². The molecule has 1 aromatic heterocycles. The van der Waals surface area contributed by atoms with Crippen molar-refractivity contribution in [2.24, 2.45) is 5.73 Å². The summed E-state index contributed by atoms with van der Waals surface area (Å²) in [6, 6.07) is 8.84. The summed E-state index contributed by atoms with van der Waals surface area (Å²) in [6.45, 7) is 4.95. The van der Waals surface area contributed by atoms with Gasteiger partial charge in [0.05, 0.1) is 18.2 Å². The van der Waals surface area contributed by atoms with Gasteiger partial charge >= 0.3 is 0 Å². The monoisotopic (exact) mass is 243 g/mol. The Kier molecular flexibility index (Phi) is 4.15. The molecule has 0 bridgehead atoms. The van der Waals surface area contributed by atoms with E-state index in [1.54, 1.807) is 0 Å². The molecule has 0 saturated carbocycles. The van der Waals surface area contributed by atoms with Crippen LogP contribution in [0, 0.1) is 6.92 Å². The number of aromatic nitrogens is 2. The fourth-order valence-electron chi connectivity index (χ4n) is 2.33. The van der Waals surface area contributed by atoms with E-state index in [1.165, 1.54) is 11.1 Å². The van der Waals surface area contributed by atoms with Crippen molar-refractivity contribution in [3.05, 3.63) is 42.4 Å². The first-order valence-corrected chi connectivity index (χ1v) is 6.55. The van der Waals surface area contributed by atoms with E-state index in [0.29, 0.717) is 12.6 Å². The molecule has 0 fully saturated rings. The first-order chi connectivity index (χ1) is 8.76. The molecule has 0 radical (unpaired) electrons. The minimum atomic E-state index is 0.341. The van der Waals surface area contributed by atoms with Gasteiger partial charge in [-0.05, 0) is 19.4 Å². The molecule has 2 N–H and O–H groups in total. The van der Waals surface area contributed by atoms with Crippen molar-refractivity contribution in [1.29, 1.82) is 0 Å². The lowest BCUT2D eigenvalue weighted by Crippen LogP contribution is -2.19. The fourth-order valence-corrected chi connectivity index (χ4v) is 2.33. The molecule has 0 spiro atoms. The van der Waals surface area contributed by atoms with Crippen LogP contribution in [0.25, 0.3) is 11.3 Å². The van der Waals surface area contributed by atoms with Gasteiger partial charge in [0.15, 0.2) is 0 Å². The zero-order valence-corrected chi connectivity index (χ0v) is 11.1. The quantitative estimate of drug-likeness (QED) is 0.876. The van der Waals surface area contributed by atoms with E-state index >= 15 is 0 Å². The van der Waals surface area contributed by atoms with Crippen molar-refractivity contribution in [2.45, 2.75) is 32.7 Å². The van der Waals surface area contributed by atoms with Gasteiger partial charge in [0.1, 0.15) is 0 Å². The van der Waals surface area contributed by atoms with Gasteiger partial charge < -0.3 is 10.3 Å². The molecule has 3 heteroatoms. The van der Waals surface area contributed by atoms with Gasteiger partial charge in [-0.1, -0.05) is 37.1 Å². The smallest absolute Gasteiger partial charge is 0.0954 e. The average molecular weight is 243 g/mol. The maximum atomic E-state index is 5.88. The van der Waals surface area contributed by atoms with Crippen LogP contribution in [-0.2, 0) is 0 Å². The van der Waals surface area contributed by atoms with Crippen molar-refractivity contribution >= 4 is 0 Å². The standard InChI is InChI=1S/C15H21N3/c1-3-5-14(9-16)18-11-17-10-15(18)13-7-4-6-12(2)8-13/h4,6-8,10-11,14H,3,5,9,16H2,1-2H3. The van der Waals surface area contributed by atoms with E-state index in [2.05, 4.69) is 47.7 Å². The Hall–Kier alpha value is -1.61. The number of aryl methyl sites for hydroxylation is 1. The lowest BCUT2D eigenvalue weighted by molar-refractivity contribution is 0.473. The maximum absolute atomic E-state index is 5.88. The van der Waals surface area contributed by atoms with E-state index in [9.17, 15) is 0 Å². The Balaban J connectivity index is 2.38. The van der Waals surface area contributed by atoms with E-state index in [4.69, 9.17) is 5.73 Å². The Morgan fingerprint density at radius 3 is 2.89 bits per heavy atom. The summed E-state index contributed by atoms with van der Waals surface area (Å²) in [6.07, 6.45) is 6.04. The van der Waals surface area contributed by atoms with Crippen LogP contribution in [0.2, 0.25) is 0 Å². The van der Waals surface area contributed by atoms with Crippen LogP contribution in [0.3, 0.4) is 0 Å². The summed E-state index contributed by atoms with van der Waals surface area (Å²) in [7, 11) is 0. The molecule has 3 nitrogen and oxygen atoms in total. The number of hydrogen-bond donors (Lipinski definition) is 1.